The summed E-state index contributed by atoms with van der Waals surface area (Å²) in [5.41, 5.74) is 1.04. The molecule has 0 saturated carbocycles. The van der Waals surface area contributed by atoms with Gasteiger partial charge in [-0.25, -0.2) is 0 Å². The minimum absolute atomic E-state index is 0.00975. The van der Waals surface area contributed by atoms with Crippen LogP contribution in [0.2, 0.25) is 0 Å². The lowest BCUT2D eigenvalue weighted by molar-refractivity contribution is -0.132. The Kier molecular flexibility index (Phi) is 9.78. The van der Waals surface area contributed by atoms with E-state index in [4.69, 9.17) is 13.9 Å². The van der Waals surface area contributed by atoms with Crippen molar-refractivity contribution in [2.75, 3.05) is 33.9 Å². The summed E-state index contributed by atoms with van der Waals surface area (Å²) in [6.45, 7) is 5.65. The Balaban J connectivity index is 1.76. The van der Waals surface area contributed by atoms with Crippen LogP contribution in [0.3, 0.4) is 0 Å². The van der Waals surface area contributed by atoms with Crippen molar-refractivity contribution in [2.45, 2.75) is 39.7 Å². The van der Waals surface area contributed by atoms with Crippen LogP contribution >= 0.6 is 11.3 Å². The van der Waals surface area contributed by atoms with E-state index < -0.39 is 0 Å². The molecule has 2 aromatic heterocycles. The van der Waals surface area contributed by atoms with Crippen LogP contribution in [0.25, 0.3) is 0 Å². The fraction of sp³-hybridized carbons (Fsp3) is 0.407. The van der Waals surface area contributed by atoms with Crippen LogP contribution in [-0.4, -0.2) is 55.5 Å². The van der Waals surface area contributed by atoms with Crippen LogP contribution in [0.4, 0.5) is 0 Å². The number of methoxy groups -OCH3 is 2. The van der Waals surface area contributed by atoms with Crippen molar-refractivity contribution in [3.8, 4) is 11.5 Å². The Morgan fingerprint density at radius 3 is 2.43 bits per heavy atom. The van der Waals surface area contributed by atoms with E-state index >= 15 is 0 Å². The van der Waals surface area contributed by atoms with Gasteiger partial charge in [0.15, 0.2) is 17.3 Å². The lowest BCUT2D eigenvalue weighted by Crippen LogP contribution is -2.43. The predicted molar refractivity (Wildman–Crippen MR) is 137 cm³/mol. The van der Waals surface area contributed by atoms with Crippen LogP contribution in [0.15, 0.2) is 53.1 Å². The lowest BCUT2D eigenvalue weighted by Gasteiger charge is -2.27. The van der Waals surface area contributed by atoms with E-state index in [2.05, 4.69) is 26.0 Å². The normalized spacial score (nSPS) is 10.7. The first-order chi connectivity index (χ1) is 16.9. The first kappa shape index (κ1) is 26.3. The molecule has 0 spiro atoms. The summed E-state index contributed by atoms with van der Waals surface area (Å²) in [6, 6.07) is 13.2. The number of carbonyl (C=O) groups excluding carboxylic acids is 2. The SMILES string of the molecule is CCCCN(CC(=O)N(CCc1ccc(OC)c(OC)c1)Cc1ccc(C)s1)C(=O)c1ccco1. The average Bonchev–Trinajstić information content (AvgIpc) is 3.55. The zero-order chi connectivity index (χ0) is 25.2. The molecule has 3 rings (SSSR count). The second-order valence-electron chi connectivity index (χ2n) is 8.32. The molecule has 0 aliphatic rings. The number of unbranched alkanes of at least 4 members (excludes halogenated alkanes) is 1. The highest BCUT2D eigenvalue weighted by Crippen LogP contribution is 2.28. The number of carbonyl (C=O) groups is 2. The number of thiophene rings is 1. The van der Waals surface area contributed by atoms with Crippen LogP contribution in [0, 0.1) is 6.92 Å². The van der Waals surface area contributed by atoms with E-state index in [0.717, 1.165) is 23.3 Å². The minimum atomic E-state index is -0.261. The number of hydrogen-bond acceptors (Lipinski definition) is 6. The second kappa shape index (κ2) is 13.0. The van der Waals surface area contributed by atoms with Crippen LogP contribution in [0.5, 0.6) is 11.5 Å². The Labute approximate surface area is 211 Å². The number of benzene rings is 1. The Hall–Kier alpha value is -3.26. The molecule has 0 aliphatic carbocycles. The van der Waals surface area contributed by atoms with Crippen LogP contribution in [-0.2, 0) is 17.8 Å². The molecular weight excluding hydrogens is 464 g/mol. The van der Waals surface area contributed by atoms with Gasteiger partial charge in [0.1, 0.15) is 6.54 Å². The van der Waals surface area contributed by atoms with Crippen LogP contribution in [0.1, 0.15) is 45.6 Å². The van der Waals surface area contributed by atoms with Gasteiger partial charge in [0.25, 0.3) is 5.91 Å². The van der Waals surface area contributed by atoms with Crippen molar-refractivity contribution >= 4 is 23.2 Å². The van der Waals surface area contributed by atoms with Gasteiger partial charge in [-0.2, -0.15) is 0 Å². The average molecular weight is 499 g/mol. The molecule has 1 aromatic carbocycles. The van der Waals surface area contributed by atoms with Gasteiger partial charge in [-0.1, -0.05) is 19.4 Å². The molecule has 2 heterocycles. The van der Waals surface area contributed by atoms with Crippen molar-refractivity contribution in [3.63, 3.8) is 0 Å². The molecule has 35 heavy (non-hydrogen) atoms. The van der Waals surface area contributed by atoms with Crippen LogP contribution < -0.4 is 9.47 Å². The Morgan fingerprint density at radius 1 is 1.00 bits per heavy atom. The molecule has 3 aromatic rings. The number of ether oxygens (including phenoxy) is 2. The Morgan fingerprint density at radius 2 is 1.80 bits per heavy atom. The molecule has 0 atom stereocenters. The van der Waals surface area contributed by atoms with Crippen molar-refractivity contribution in [1.29, 1.82) is 0 Å². The van der Waals surface area contributed by atoms with Gasteiger partial charge in [0.2, 0.25) is 5.91 Å². The van der Waals surface area contributed by atoms with Gasteiger partial charge in [-0.15, -0.1) is 11.3 Å². The zero-order valence-electron chi connectivity index (χ0n) is 20.9. The quantitative estimate of drug-likeness (QED) is 0.325. The molecule has 0 unspecified atom stereocenters. The Bertz CT molecular complexity index is 1090. The predicted octanol–water partition coefficient (Wildman–Crippen LogP) is 5.18. The fourth-order valence-electron chi connectivity index (χ4n) is 3.77. The second-order valence-corrected chi connectivity index (χ2v) is 9.70. The van der Waals surface area contributed by atoms with Crippen molar-refractivity contribution in [2.24, 2.45) is 0 Å². The number of nitrogens with zero attached hydrogens (tertiary/aromatic N) is 2. The summed E-state index contributed by atoms with van der Waals surface area (Å²) in [7, 11) is 3.22. The maximum Gasteiger partial charge on any atom is 0.290 e. The van der Waals surface area contributed by atoms with Gasteiger partial charge in [-0.05, 0) is 61.7 Å². The smallest absolute Gasteiger partial charge is 0.290 e. The molecule has 0 N–H and O–H groups in total. The van der Waals surface area contributed by atoms with E-state index in [9.17, 15) is 9.59 Å². The zero-order valence-corrected chi connectivity index (χ0v) is 21.7. The standard InChI is InChI=1S/C27H34N2O5S/c1-5-6-14-29(27(31)24-8-7-16-34-24)19-26(30)28(18-22-11-9-20(2)35-22)15-13-21-10-12-23(32-3)25(17-21)33-4/h7-12,16-17H,5-6,13-15,18-19H2,1-4H3. The topological polar surface area (TPSA) is 72.2 Å². The van der Waals surface area contributed by atoms with Gasteiger partial charge in [0, 0.05) is 22.8 Å². The van der Waals surface area contributed by atoms with Gasteiger partial charge in [0.05, 0.1) is 27.0 Å². The van der Waals surface area contributed by atoms with E-state index in [1.54, 1.807) is 42.6 Å². The molecule has 0 fully saturated rings. The van der Waals surface area contributed by atoms with Gasteiger partial charge < -0.3 is 23.7 Å². The highest BCUT2D eigenvalue weighted by molar-refractivity contribution is 7.11. The maximum atomic E-state index is 13.5. The molecule has 0 aliphatic heterocycles. The molecule has 188 valence electrons. The number of hydrogen-bond donors (Lipinski definition) is 0. The molecule has 8 heteroatoms. The summed E-state index contributed by atoms with van der Waals surface area (Å²) >= 11 is 1.68. The van der Waals surface area contributed by atoms with E-state index in [0.29, 0.717) is 37.6 Å². The highest BCUT2D eigenvalue weighted by Gasteiger charge is 2.24. The van der Waals surface area contributed by atoms with Crippen molar-refractivity contribution in [1.82, 2.24) is 9.80 Å². The summed E-state index contributed by atoms with van der Waals surface area (Å²) in [6.07, 6.45) is 3.86. The number of amides is 2. The van der Waals surface area contributed by atoms with Crippen molar-refractivity contribution in [3.05, 3.63) is 69.8 Å². The summed E-state index contributed by atoms with van der Waals surface area (Å²) in [5.74, 6) is 1.23. The van der Waals surface area contributed by atoms with Gasteiger partial charge >= 0.3 is 0 Å². The third-order valence-electron chi connectivity index (χ3n) is 5.74. The largest absolute Gasteiger partial charge is 0.493 e. The third-order valence-corrected chi connectivity index (χ3v) is 6.73. The van der Waals surface area contributed by atoms with Gasteiger partial charge in [-0.3, -0.25) is 9.59 Å². The lowest BCUT2D eigenvalue weighted by atomic mass is 10.1. The van der Waals surface area contributed by atoms with Crippen molar-refractivity contribution < 1.29 is 23.5 Å². The monoisotopic (exact) mass is 498 g/mol. The molecule has 7 nitrogen and oxygen atoms in total. The third kappa shape index (κ3) is 7.36. The molecule has 2 amide bonds. The number of rotatable bonds is 13. The maximum absolute atomic E-state index is 13.5. The highest BCUT2D eigenvalue weighted by atomic mass is 32.1. The van der Waals surface area contributed by atoms with E-state index in [1.165, 1.54) is 11.1 Å². The molecule has 0 saturated heterocycles. The molecule has 0 bridgehead atoms. The summed E-state index contributed by atoms with van der Waals surface area (Å²) < 4.78 is 16.1. The minimum Gasteiger partial charge on any atom is -0.493 e. The fourth-order valence-corrected chi connectivity index (χ4v) is 4.68. The van der Waals surface area contributed by atoms with E-state index in [1.807, 2.05) is 23.1 Å². The number of furan rings is 1. The first-order valence-corrected chi connectivity index (χ1v) is 12.6. The number of aryl methyl sites for hydroxylation is 1. The molecule has 0 radical (unpaired) electrons. The first-order valence-electron chi connectivity index (χ1n) is 11.8. The molecular formula is C27H34N2O5S. The summed E-state index contributed by atoms with van der Waals surface area (Å²) in [5, 5.41) is 0. The summed E-state index contributed by atoms with van der Waals surface area (Å²) in [4.78, 5) is 32.2. The van der Waals surface area contributed by atoms with E-state index in [-0.39, 0.29) is 24.1 Å².